The Balaban J connectivity index is 1.92. The molecular weight excluding hydrogens is 292 g/mol. The fraction of sp³-hybridized carbons (Fsp3) is 0.692. The Bertz CT molecular complexity index is 674. The highest BCUT2D eigenvalue weighted by atomic mass is 32.2. The molecule has 0 bridgehead atoms. The summed E-state index contributed by atoms with van der Waals surface area (Å²) in [5.41, 5.74) is 2.24. The lowest BCUT2D eigenvalue weighted by Crippen LogP contribution is -2.36. The summed E-state index contributed by atoms with van der Waals surface area (Å²) in [6.45, 7) is 2.29. The highest BCUT2D eigenvalue weighted by molar-refractivity contribution is 7.88. The minimum atomic E-state index is -3.22. The van der Waals surface area contributed by atoms with Crippen LogP contribution in [0.25, 0.3) is 0 Å². The molecule has 0 atom stereocenters. The van der Waals surface area contributed by atoms with Crippen LogP contribution in [0, 0.1) is 0 Å². The smallest absolute Gasteiger partial charge is 0.274 e. The largest absolute Gasteiger partial charge is 0.337 e. The summed E-state index contributed by atoms with van der Waals surface area (Å²) in [5.74, 6) is -0.0165. The Morgan fingerprint density at radius 1 is 1.19 bits per heavy atom. The zero-order valence-corrected chi connectivity index (χ0v) is 13.2. The number of aryl methyl sites for hydroxylation is 1. The topological polar surface area (TPSA) is 75.5 Å². The standard InChI is InChI=1S/C13H20N4O3S/c1-15-11-9-17(21(2,19)20)8-5-10(11)12(14-15)13(18)16-6-3-4-7-16/h3-9H2,1-2H3. The number of hydrogen-bond donors (Lipinski definition) is 0. The van der Waals surface area contributed by atoms with Crippen molar-refractivity contribution in [3.63, 3.8) is 0 Å². The zero-order valence-electron chi connectivity index (χ0n) is 12.4. The van der Waals surface area contributed by atoms with Crippen LogP contribution >= 0.6 is 0 Å². The van der Waals surface area contributed by atoms with Crippen LogP contribution in [0.15, 0.2) is 0 Å². The number of rotatable bonds is 2. The van der Waals surface area contributed by atoms with Gasteiger partial charge in [0.05, 0.1) is 18.5 Å². The summed E-state index contributed by atoms with van der Waals surface area (Å²) < 4.78 is 26.4. The predicted molar refractivity (Wildman–Crippen MR) is 77.3 cm³/mol. The molecule has 1 fully saturated rings. The number of likely N-dealkylation sites (tertiary alicyclic amines) is 1. The van der Waals surface area contributed by atoms with Crippen molar-refractivity contribution >= 4 is 15.9 Å². The second kappa shape index (κ2) is 5.10. The second-order valence-electron chi connectivity index (χ2n) is 5.74. The Morgan fingerprint density at radius 2 is 1.86 bits per heavy atom. The molecule has 0 saturated carbocycles. The number of nitrogens with zero attached hydrogens (tertiary/aromatic N) is 4. The van der Waals surface area contributed by atoms with Crippen LogP contribution in [0.1, 0.15) is 34.6 Å². The first-order chi connectivity index (χ1) is 9.88. The summed E-state index contributed by atoms with van der Waals surface area (Å²) >= 11 is 0. The third kappa shape index (κ3) is 2.57. The first-order valence-corrected chi connectivity index (χ1v) is 9.02. The SMILES string of the molecule is Cn1nc(C(=O)N2CCCC2)c2c1CN(S(C)(=O)=O)CC2. The van der Waals surface area contributed by atoms with Crippen molar-refractivity contribution in [2.24, 2.45) is 7.05 Å². The number of hydrogen-bond acceptors (Lipinski definition) is 4. The molecule has 0 aromatic carbocycles. The molecule has 2 aliphatic rings. The van der Waals surface area contributed by atoms with Gasteiger partial charge in [0.25, 0.3) is 5.91 Å². The zero-order chi connectivity index (χ0) is 15.2. The third-order valence-electron chi connectivity index (χ3n) is 4.28. The van der Waals surface area contributed by atoms with E-state index >= 15 is 0 Å². The number of aromatic nitrogens is 2. The quantitative estimate of drug-likeness (QED) is 0.769. The maximum atomic E-state index is 12.5. The Morgan fingerprint density at radius 3 is 2.48 bits per heavy atom. The van der Waals surface area contributed by atoms with E-state index in [1.54, 1.807) is 11.7 Å². The monoisotopic (exact) mass is 312 g/mol. The Kier molecular flexibility index (Phi) is 3.53. The van der Waals surface area contributed by atoms with Crippen molar-refractivity contribution in [1.82, 2.24) is 19.0 Å². The van der Waals surface area contributed by atoms with Gasteiger partial charge in [-0.3, -0.25) is 9.48 Å². The summed E-state index contributed by atoms with van der Waals surface area (Å²) in [7, 11) is -1.45. The van der Waals surface area contributed by atoms with E-state index in [0.29, 0.717) is 25.2 Å². The molecule has 7 nitrogen and oxygen atoms in total. The average Bonchev–Trinajstić information content (AvgIpc) is 3.05. The summed E-state index contributed by atoms with van der Waals surface area (Å²) in [5, 5.41) is 4.36. The maximum absolute atomic E-state index is 12.5. The molecule has 1 saturated heterocycles. The predicted octanol–water partition coefficient (Wildman–Crippen LogP) is -0.0262. The van der Waals surface area contributed by atoms with E-state index in [1.165, 1.54) is 10.6 Å². The van der Waals surface area contributed by atoms with Gasteiger partial charge in [0.1, 0.15) is 0 Å². The van der Waals surface area contributed by atoms with Gasteiger partial charge in [0, 0.05) is 32.2 Å². The van der Waals surface area contributed by atoms with E-state index in [-0.39, 0.29) is 5.91 Å². The molecule has 21 heavy (non-hydrogen) atoms. The van der Waals surface area contributed by atoms with Crippen molar-refractivity contribution in [3.05, 3.63) is 17.0 Å². The number of amides is 1. The molecule has 0 N–H and O–H groups in total. The first kappa shape index (κ1) is 14.5. The van der Waals surface area contributed by atoms with Crippen molar-refractivity contribution in [1.29, 1.82) is 0 Å². The molecule has 0 unspecified atom stereocenters. The molecule has 2 aliphatic heterocycles. The van der Waals surface area contributed by atoms with E-state index in [4.69, 9.17) is 0 Å². The maximum Gasteiger partial charge on any atom is 0.274 e. The van der Waals surface area contributed by atoms with Crippen LogP contribution in [-0.2, 0) is 30.0 Å². The van der Waals surface area contributed by atoms with Gasteiger partial charge in [0.15, 0.2) is 5.69 Å². The number of carbonyl (C=O) groups is 1. The van der Waals surface area contributed by atoms with E-state index < -0.39 is 10.0 Å². The second-order valence-corrected chi connectivity index (χ2v) is 7.73. The van der Waals surface area contributed by atoms with Gasteiger partial charge < -0.3 is 4.90 Å². The van der Waals surface area contributed by atoms with Crippen LogP contribution in [0.4, 0.5) is 0 Å². The lowest BCUT2D eigenvalue weighted by molar-refractivity contribution is 0.0785. The fourth-order valence-corrected chi connectivity index (χ4v) is 3.85. The molecule has 1 aromatic heterocycles. The Labute approximate surface area is 124 Å². The van der Waals surface area contributed by atoms with Crippen molar-refractivity contribution < 1.29 is 13.2 Å². The molecule has 0 aliphatic carbocycles. The van der Waals surface area contributed by atoms with Gasteiger partial charge in [-0.05, 0) is 19.3 Å². The van der Waals surface area contributed by atoms with Crippen LogP contribution in [0.5, 0.6) is 0 Å². The minimum Gasteiger partial charge on any atom is -0.337 e. The molecular formula is C13H20N4O3S. The van der Waals surface area contributed by atoms with Gasteiger partial charge in [-0.2, -0.15) is 9.40 Å². The van der Waals surface area contributed by atoms with Gasteiger partial charge in [-0.25, -0.2) is 8.42 Å². The molecule has 0 spiro atoms. The van der Waals surface area contributed by atoms with E-state index in [1.807, 2.05) is 4.90 Å². The lowest BCUT2D eigenvalue weighted by atomic mass is 10.1. The summed E-state index contributed by atoms with van der Waals surface area (Å²) in [4.78, 5) is 14.4. The number of sulfonamides is 1. The van der Waals surface area contributed by atoms with E-state index in [0.717, 1.165) is 37.2 Å². The highest BCUT2D eigenvalue weighted by Crippen LogP contribution is 2.25. The van der Waals surface area contributed by atoms with Crippen molar-refractivity contribution in [2.75, 3.05) is 25.9 Å². The minimum absolute atomic E-state index is 0.0165. The van der Waals surface area contributed by atoms with Crippen LogP contribution < -0.4 is 0 Å². The van der Waals surface area contributed by atoms with Crippen molar-refractivity contribution in [2.45, 2.75) is 25.8 Å². The Hall–Kier alpha value is -1.41. The first-order valence-electron chi connectivity index (χ1n) is 7.17. The average molecular weight is 312 g/mol. The van der Waals surface area contributed by atoms with E-state index in [9.17, 15) is 13.2 Å². The van der Waals surface area contributed by atoms with Crippen molar-refractivity contribution in [3.8, 4) is 0 Å². The van der Waals surface area contributed by atoms with Gasteiger partial charge >= 0.3 is 0 Å². The molecule has 116 valence electrons. The lowest BCUT2D eigenvalue weighted by Gasteiger charge is -2.25. The van der Waals surface area contributed by atoms with Crippen LogP contribution in [0.3, 0.4) is 0 Å². The van der Waals surface area contributed by atoms with Gasteiger partial charge in [-0.15, -0.1) is 0 Å². The normalized spacial score (nSPS) is 19.8. The number of carbonyl (C=O) groups excluding carboxylic acids is 1. The van der Waals surface area contributed by atoms with Gasteiger partial charge in [-0.1, -0.05) is 0 Å². The highest BCUT2D eigenvalue weighted by Gasteiger charge is 2.32. The summed E-state index contributed by atoms with van der Waals surface area (Å²) in [6.07, 6.45) is 3.85. The summed E-state index contributed by atoms with van der Waals surface area (Å²) in [6, 6.07) is 0. The van der Waals surface area contributed by atoms with Crippen LogP contribution in [0.2, 0.25) is 0 Å². The molecule has 1 amide bonds. The molecule has 0 radical (unpaired) electrons. The van der Waals surface area contributed by atoms with Gasteiger partial charge in [0.2, 0.25) is 10.0 Å². The molecule has 3 rings (SSSR count). The molecule has 3 heterocycles. The fourth-order valence-electron chi connectivity index (χ4n) is 3.07. The van der Waals surface area contributed by atoms with Crippen LogP contribution in [-0.4, -0.2) is 59.2 Å². The third-order valence-corrected chi connectivity index (χ3v) is 5.53. The molecule has 1 aromatic rings. The number of fused-ring (bicyclic) bond motifs is 1. The molecule has 8 heteroatoms. The van der Waals surface area contributed by atoms with E-state index in [2.05, 4.69) is 5.10 Å².